The molecule has 7 nitrogen and oxygen atoms in total. The van der Waals surface area contributed by atoms with Crippen molar-refractivity contribution in [2.24, 2.45) is 0 Å². The zero-order valence-electron chi connectivity index (χ0n) is 12.4. The molecule has 112 valence electrons. The summed E-state index contributed by atoms with van der Waals surface area (Å²) in [5, 5.41) is 2.85. The van der Waals surface area contributed by atoms with Crippen molar-refractivity contribution < 1.29 is 9.47 Å². The van der Waals surface area contributed by atoms with E-state index in [1.807, 2.05) is 32.0 Å². The maximum absolute atomic E-state index is 5.55. The summed E-state index contributed by atoms with van der Waals surface area (Å²) >= 11 is 0. The molecular formula is C14H19N5O2. The normalized spacial score (nSPS) is 10.5. The lowest BCUT2D eigenvalue weighted by Gasteiger charge is -2.10. The molecule has 0 amide bonds. The van der Waals surface area contributed by atoms with E-state index in [0.29, 0.717) is 19.0 Å². The molecule has 0 saturated carbocycles. The first-order valence-electron chi connectivity index (χ1n) is 6.80. The highest BCUT2D eigenvalue weighted by molar-refractivity contribution is 5.26. The van der Waals surface area contributed by atoms with Crippen molar-refractivity contribution in [3.8, 4) is 12.0 Å². The second kappa shape index (κ2) is 7.37. The van der Waals surface area contributed by atoms with E-state index < -0.39 is 0 Å². The number of pyridine rings is 1. The lowest BCUT2D eigenvalue weighted by Crippen LogP contribution is -2.12. The van der Waals surface area contributed by atoms with Gasteiger partial charge in [0.2, 0.25) is 5.95 Å². The first-order valence-corrected chi connectivity index (χ1v) is 6.80. The van der Waals surface area contributed by atoms with Crippen LogP contribution in [-0.2, 0) is 6.42 Å². The van der Waals surface area contributed by atoms with Gasteiger partial charge in [-0.05, 0) is 26.0 Å². The van der Waals surface area contributed by atoms with Gasteiger partial charge in [0, 0.05) is 25.4 Å². The van der Waals surface area contributed by atoms with Crippen molar-refractivity contribution in [1.29, 1.82) is 0 Å². The molecule has 0 atom stereocenters. The Morgan fingerprint density at radius 3 is 2.62 bits per heavy atom. The standard InChI is InChI=1S/C14H19N5O2/c1-10(2)21-14-18-12(15-3)17-13(19-14)20-9-7-11-6-4-5-8-16-11/h4-6,8,10H,7,9H2,1-3H3,(H,15,17,18,19). The van der Waals surface area contributed by atoms with Gasteiger partial charge in [-0.2, -0.15) is 9.97 Å². The van der Waals surface area contributed by atoms with Crippen LogP contribution in [0.3, 0.4) is 0 Å². The number of aromatic nitrogens is 4. The third-order valence-corrected chi connectivity index (χ3v) is 2.47. The highest BCUT2D eigenvalue weighted by Gasteiger charge is 2.09. The molecule has 2 aromatic heterocycles. The van der Waals surface area contributed by atoms with Gasteiger partial charge in [-0.1, -0.05) is 6.07 Å². The average Bonchev–Trinajstić information content (AvgIpc) is 2.47. The van der Waals surface area contributed by atoms with Crippen LogP contribution in [0.25, 0.3) is 0 Å². The molecule has 2 aromatic rings. The van der Waals surface area contributed by atoms with Crippen molar-refractivity contribution in [1.82, 2.24) is 19.9 Å². The van der Waals surface area contributed by atoms with E-state index in [4.69, 9.17) is 9.47 Å². The van der Waals surface area contributed by atoms with Crippen LogP contribution in [0.4, 0.5) is 5.95 Å². The van der Waals surface area contributed by atoms with Crippen LogP contribution in [0.5, 0.6) is 12.0 Å². The molecular weight excluding hydrogens is 270 g/mol. The Hall–Kier alpha value is -2.44. The summed E-state index contributed by atoms with van der Waals surface area (Å²) in [6.07, 6.45) is 2.42. The van der Waals surface area contributed by atoms with E-state index in [0.717, 1.165) is 5.69 Å². The van der Waals surface area contributed by atoms with Crippen LogP contribution in [-0.4, -0.2) is 39.7 Å². The molecule has 0 bridgehead atoms. The third kappa shape index (κ3) is 4.87. The zero-order chi connectivity index (χ0) is 15.1. The molecule has 0 aliphatic carbocycles. The molecule has 0 saturated heterocycles. The van der Waals surface area contributed by atoms with Gasteiger partial charge < -0.3 is 14.8 Å². The Bertz CT molecular complexity index is 563. The fourth-order valence-electron chi connectivity index (χ4n) is 1.57. The first kappa shape index (κ1) is 15.0. The summed E-state index contributed by atoms with van der Waals surface area (Å²) in [7, 11) is 1.73. The summed E-state index contributed by atoms with van der Waals surface area (Å²) in [5.74, 6) is 0.411. The van der Waals surface area contributed by atoms with E-state index >= 15 is 0 Å². The minimum absolute atomic E-state index is 0.0153. The minimum atomic E-state index is -0.0153. The molecule has 7 heteroatoms. The summed E-state index contributed by atoms with van der Waals surface area (Å²) < 4.78 is 11.0. The van der Waals surface area contributed by atoms with Crippen LogP contribution in [0.2, 0.25) is 0 Å². The number of hydrogen-bond donors (Lipinski definition) is 1. The Morgan fingerprint density at radius 2 is 1.95 bits per heavy atom. The van der Waals surface area contributed by atoms with Gasteiger partial charge in [-0.15, -0.1) is 4.98 Å². The lowest BCUT2D eigenvalue weighted by molar-refractivity contribution is 0.213. The van der Waals surface area contributed by atoms with E-state index in [1.165, 1.54) is 0 Å². The van der Waals surface area contributed by atoms with Gasteiger partial charge in [0.1, 0.15) is 0 Å². The van der Waals surface area contributed by atoms with Crippen molar-refractivity contribution >= 4 is 5.95 Å². The van der Waals surface area contributed by atoms with Gasteiger partial charge in [0.15, 0.2) is 0 Å². The van der Waals surface area contributed by atoms with Gasteiger partial charge in [0.25, 0.3) is 0 Å². The maximum Gasteiger partial charge on any atom is 0.324 e. The largest absolute Gasteiger partial charge is 0.463 e. The second-order valence-electron chi connectivity index (χ2n) is 4.56. The van der Waals surface area contributed by atoms with Crippen molar-refractivity contribution in [3.63, 3.8) is 0 Å². The molecule has 0 fully saturated rings. The molecule has 0 aliphatic heterocycles. The van der Waals surface area contributed by atoms with E-state index in [-0.39, 0.29) is 18.1 Å². The van der Waals surface area contributed by atoms with Crippen molar-refractivity contribution in [3.05, 3.63) is 30.1 Å². The smallest absolute Gasteiger partial charge is 0.324 e. The van der Waals surface area contributed by atoms with Crippen LogP contribution in [0.15, 0.2) is 24.4 Å². The number of nitrogens with zero attached hydrogens (tertiary/aromatic N) is 4. The maximum atomic E-state index is 5.55. The number of hydrogen-bond acceptors (Lipinski definition) is 7. The monoisotopic (exact) mass is 289 g/mol. The van der Waals surface area contributed by atoms with Crippen LogP contribution in [0.1, 0.15) is 19.5 Å². The van der Waals surface area contributed by atoms with Gasteiger partial charge in [0.05, 0.1) is 12.7 Å². The molecule has 0 aromatic carbocycles. The molecule has 2 heterocycles. The average molecular weight is 289 g/mol. The van der Waals surface area contributed by atoms with Crippen molar-refractivity contribution in [2.45, 2.75) is 26.4 Å². The zero-order valence-corrected chi connectivity index (χ0v) is 12.4. The molecule has 0 spiro atoms. The quantitative estimate of drug-likeness (QED) is 0.831. The Labute approximate surface area is 123 Å². The lowest BCUT2D eigenvalue weighted by atomic mass is 10.3. The Kier molecular flexibility index (Phi) is 5.25. The molecule has 2 rings (SSSR count). The van der Waals surface area contributed by atoms with Crippen molar-refractivity contribution in [2.75, 3.05) is 19.0 Å². The fourth-order valence-corrected chi connectivity index (χ4v) is 1.57. The molecule has 1 N–H and O–H groups in total. The van der Waals surface area contributed by atoms with Crippen LogP contribution < -0.4 is 14.8 Å². The molecule has 0 unspecified atom stereocenters. The molecule has 0 aliphatic rings. The highest BCUT2D eigenvalue weighted by Crippen LogP contribution is 2.14. The number of nitrogens with one attached hydrogen (secondary N) is 1. The molecule has 0 radical (unpaired) electrons. The third-order valence-electron chi connectivity index (χ3n) is 2.47. The van der Waals surface area contributed by atoms with E-state index in [9.17, 15) is 0 Å². The van der Waals surface area contributed by atoms with Crippen LogP contribution in [0, 0.1) is 0 Å². The predicted octanol–water partition coefficient (Wildman–Crippen LogP) is 1.72. The minimum Gasteiger partial charge on any atom is -0.463 e. The van der Waals surface area contributed by atoms with Gasteiger partial charge in [-0.3, -0.25) is 4.98 Å². The van der Waals surface area contributed by atoms with Crippen LogP contribution >= 0.6 is 0 Å². The summed E-state index contributed by atoms with van der Waals surface area (Å²) in [4.78, 5) is 16.6. The topological polar surface area (TPSA) is 82.1 Å². The fraction of sp³-hybridized carbons (Fsp3) is 0.429. The predicted molar refractivity (Wildman–Crippen MR) is 78.6 cm³/mol. The van der Waals surface area contributed by atoms with Gasteiger partial charge >= 0.3 is 12.0 Å². The highest BCUT2D eigenvalue weighted by atomic mass is 16.5. The van der Waals surface area contributed by atoms with E-state index in [1.54, 1.807) is 13.2 Å². The summed E-state index contributed by atoms with van der Waals surface area (Å²) in [6.45, 7) is 4.25. The van der Waals surface area contributed by atoms with E-state index in [2.05, 4.69) is 25.3 Å². The first-order chi connectivity index (χ1) is 10.2. The number of rotatable bonds is 7. The summed E-state index contributed by atoms with van der Waals surface area (Å²) in [6, 6.07) is 6.26. The number of anilines is 1. The van der Waals surface area contributed by atoms with Gasteiger partial charge in [-0.25, -0.2) is 0 Å². The molecule has 21 heavy (non-hydrogen) atoms. The Morgan fingerprint density at radius 1 is 1.14 bits per heavy atom. The SMILES string of the molecule is CNc1nc(OCCc2ccccn2)nc(OC(C)C)n1. The number of ether oxygens (including phenoxy) is 2. The second-order valence-corrected chi connectivity index (χ2v) is 4.56. The Balaban J connectivity index is 1.98. The summed E-state index contributed by atoms with van der Waals surface area (Å²) in [5.41, 5.74) is 0.957.